The minimum absolute atomic E-state index is 0.143. The Kier molecular flexibility index (Phi) is 3.97. The van der Waals surface area contributed by atoms with Crippen molar-refractivity contribution >= 4 is 5.95 Å². The van der Waals surface area contributed by atoms with Crippen LogP contribution in [0, 0.1) is 5.82 Å². The molecule has 1 N–H and O–H groups in total. The molecular formula is C14H18FN3. The lowest BCUT2D eigenvalue weighted by molar-refractivity contribution is 0.593. The van der Waals surface area contributed by atoms with Gasteiger partial charge in [0, 0.05) is 25.0 Å². The van der Waals surface area contributed by atoms with Crippen LogP contribution in [0.15, 0.2) is 36.7 Å². The van der Waals surface area contributed by atoms with Crippen LogP contribution in [-0.4, -0.2) is 15.6 Å². The molecule has 0 saturated heterocycles. The Morgan fingerprint density at radius 3 is 2.83 bits per heavy atom. The molecule has 0 saturated carbocycles. The third-order valence-corrected chi connectivity index (χ3v) is 2.71. The van der Waals surface area contributed by atoms with E-state index >= 15 is 0 Å². The summed E-state index contributed by atoms with van der Waals surface area (Å²) in [4.78, 5) is 4.25. The van der Waals surface area contributed by atoms with Crippen LogP contribution in [0.1, 0.15) is 19.4 Å². The molecule has 2 aromatic rings. The number of anilines is 1. The number of halogens is 1. The first-order valence-corrected chi connectivity index (χ1v) is 6.18. The van der Waals surface area contributed by atoms with E-state index in [0.29, 0.717) is 12.5 Å². The molecule has 0 aliphatic heterocycles. The molecule has 0 radical (unpaired) electrons. The van der Waals surface area contributed by atoms with E-state index in [1.165, 1.54) is 6.07 Å². The largest absolute Gasteiger partial charge is 0.353 e. The van der Waals surface area contributed by atoms with Gasteiger partial charge in [0.05, 0.1) is 0 Å². The monoisotopic (exact) mass is 247 g/mol. The molecule has 18 heavy (non-hydrogen) atoms. The normalized spacial score (nSPS) is 10.9. The summed E-state index contributed by atoms with van der Waals surface area (Å²) in [5.74, 6) is 0.692. The van der Waals surface area contributed by atoms with Gasteiger partial charge in [-0.15, -0.1) is 0 Å². The molecule has 0 spiro atoms. The number of aromatic nitrogens is 2. The first-order valence-electron chi connectivity index (χ1n) is 6.18. The van der Waals surface area contributed by atoms with Crippen molar-refractivity contribution in [3.05, 3.63) is 48.0 Å². The third kappa shape index (κ3) is 3.09. The van der Waals surface area contributed by atoms with E-state index < -0.39 is 0 Å². The van der Waals surface area contributed by atoms with Crippen molar-refractivity contribution in [2.24, 2.45) is 0 Å². The lowest BCUT2D eigenvalue weighted by Crippen LogP contribution is -2.15. The molecule has 1 aromatic carbocycles. The lowest BCUT2D eigenvalue weighted by Gasteiger charge is -2.12. The zero-order valence-corrected chi connectivity index (χ0v) is 10.7. The number of benzene rings is 1. The van der Waals surface area contributed by atoms with Gasteiger partial charge in [0.15, 0.2) is 0 Å². The highest BCUT2D eigenvalue weighted by atomic mass is 19.1. The van der Waals surface area contributed by atoms with E-state index in [4.69, 9.17) is 0 Å². The van der Waals surface area contributed by atoms with Gasteiger partial charge in [-0.1, -0.05) is 18.2 Å². The van der Waals surface area contributed by atoms with Gasteiger partial charge < -0.3 is 9.88 Å². The molecule has 1 heterocycles. The Morgan fingerprint density at radius 1 is 1.33 bits per heavy atom. The number of hydrogen-bond donors (Lipinski definition) is 1. The maximum atomic E-state index is 13.5. The zero-order valence-electron chi connectivity index (χ0n) is 10.7. The highest BCUT2D eigenvalue weighted by molar-refractivity contribution is 5.27. The maximum Gasteiger partial charge on any atom is 0.202 e. The molecule has 0 aliphatic carbocycles. The fourth-order valence-corrected chi connectivity index (χ4v) is 1.83. The molecule has 0 aliphatic rings. The average molecular weight is 247 g/mol. The SMILES string of the molecule is CC(C)Nc1nccn1CCc1ccccc1F. The van der Waals surface area contributed by atoms with Gasteiger partial charge in [0.2, 0.25) is 5.95 Å². The van der Waals surface area contributed by atoms with Crippen LogP contribution in [0.25, 0.3) is 0 Å². The molecule has 0 atom stereocenters. The highest BCUT2D eigenvalue weighted by Gasteiger charge is 2.05. The van der Waals surface area contributed by atoms with Crippen LogP contribution in [0.5, 0.6) is 0 Å². The second-order valence-corrected chi connectivity index (χ2v) is 4.58. The molecule has 2 rings (SSSR count). The Hall–Kier alpha value is -1.84. The van der Waals surface area contributed by atoms with Crippen LogP contribution >= 0.6 is 0 Å². The fourth-order valence-electron chi connectivity index (χ4n) is 1.83. The first kappa shape index (κ1) is 12.6. The van der Waals surface area contributed by atoms with E-state index in [1.54, 1.807) is 12.3 Å². The summed E-state index contributed by atoms with van der Waals surface area (Å²) in [6, 6.07) is 7.22. The summed E-state index contributed by atoms with van der Waals surface area (Å²) in [5, 5.41) is 3.26. The van der Waals surface area contributed by atoms with E-state index in [2.05, 4.69) is 24.1 Å². The molecule has 0 bridgehead atoms. The van der Waals surface area contributed by atoms with Gasteiger partial charge in [-0.25, -0.2) is 9.37 Å². The minimum Gasteiger partial charge on any atom is -0.353 e. The standard InChI is InChI=1S/C14H18FN3/c1-11(2)17-14-16-8-10-18(14)9-7-12-5-3-4-6-13(12)15/h3-6,8,10-11H,7,9H2,1-2H3,(H,16,17). The van der Waals surface area contributed by atoms with Gasteiger partial charge in [0.25, 0.3) is 0 Å². The average Bonchev–Trinajstić information content (AvgIpc) is 2.75. The third-order valence-electron chi connectivity index (χ3n) is 2.71. The number of nitrogens with zero attached hydrogens (tertiary/aromatic N) is 2. The van der Waals surface area contributed by atoms with Crippen molar-refractivity contribution in [1.82, 2.24) is 9.55 Å². The Morgan fingerprint density at radius 2 is 2.11 bits per heavy atom. The van der Waals surface area contributed by atoms with Crippen molar-refractivity contribution in [1.29, 1.82) is 0 Å². The minimum atomic E-state index is -0.143. The van der Waals surface area contributed by atoms with Crippen molar-refractivity contribution in [2.45, 2.75) is 32.9 Å². The Balaban J connectivity index is 2.02. The van der Waals surface area contributed by atoms with Gasteiger partial charge in [-0.05, 0) is 31.9 Å². The molecule has 1 aromatic heterocycles. The fraction of sp³-hybridized carbons (Fsp3) is 0.357. The van der Waals surface area contributed by atoms with Crippen molar-refractivity contribution in [3.63, 3.8) is 0 Å². The molecular weight excluding hydrogens is 229 g/mol. The second kappa shape index (κ2) is 5.67. The van der Waals surface area contributed by atoms with Crippen molar-refractivity contribution in [2.75, 3.05) is 5.32 Å². The van der Waals surface area contributed by atoms with E-state index in [0.717, 1.165) is 18.1 Å². The lowest BCUT2D eigenvalue weighted by atomic mass is 10.1. The smallest absolute Gasteiger partial charge is 0.202 e. The van der Waals surface area contributed by atoms with E-state index in [-0.39, 0.29) is 5.82 Å². The van der Waals surface area contributed by atoms with Crippen LogP contribution in [0.4, 0.5) is 10.3 Å². The number of nitrogens with one attached hydrogen (secondary N) is 1. The Labute approximate surface area is 107 Å². The van der Waals surface area contributed by atoms with Crippen molar-refractivity contribution in [3.8, 4) is 0 Å². The molecule has 0 fully saturated rings. The summed E-state index contributed by atoms with van der Waals surface area (Å²) >= 11 is 0. The summed E-state index contributed by atoms with van der Waals surface area (Å²) in [6.45, 7) is 4.85. The van der Waals surface area contributed by atoms with Crippen molar-refractivity contribution < 1.29 is 4.39 Å². The summed E-state index contributed by atoms with van der Waals surface area (Å²) in [6.07, 6.45) is 4.33. The number of rotatable bonds is 5. The van der Waals surface area contributed by atoms with Gasteiger partial charge in [0.1, 0.15) is 5.82 Å². The number of aryl methyl sites for hydroxylation is 2. The molecule has 96 valence electrons. The van der Waals surface area contributed by atoms with E-state index in [1.807, 2.05) is 22.9 Å². The summed E-state index contributed by atoms with van der Waals surface area (Å²) in [5.41, 5.74) is 0.738. The van der Waals surface area contributed by atoms with Crippen LogP contribution in [-0.2, 0) is 13.0 Å². The van der Waals surface area contributed by atoms with Crippen LogP contribution in [0.2, 0.25) is 0 Å². The zero-order chi connectivity index (χ0) is 13.0. The summed E-state index contributed by atoms with van der Waals surface area (Å²) in [7, 11) is 0. The van der Waals surface area contributed by atoms with Gasteiger partial charge in [-0.2, -0.15) is 0 Å². The highest BCUT2D eigenvalue weighted by Crippen LogP contribution is 2.11. The quantitative estimate of drug-likeness (QED) is 0.880. The predicted octanol–water partition coefficient (Wildman–Crippen LogP) is 3.09. The van der Waals surface area contributed by atoms with Crippen LogP contribution in [0.3, 0.4) is 0 Å². The molecule has 0 unspecified atom stereocenters. The molecule has 4 heteroatoms. The topological polar surface area (TPSA) is 29.9 Å². The first-order chi connectivity index (χ1) is 8.66. The van der Waals surface area contributed by atoms with E-state index in [9.17, 15) is 4.39 Å². The van der Waals surface area contributed by atoms with Gasteiger partial charge >= 0.3 is 0 Å². The maximum absolute atomic E-state index is 13.5. The molecule has 3 nitrogen and oxygen atoms in total. The molecule has 0 amide bonds. The number of hydrogen-bond acceptors (Lipinski definition) is 2. The van der Waals surface area contributed by atoms with Gasteiger partial charge in [-0.3, -0.25) is 0 Å². The Bertz CT molecular complexity index is 505. The predicted molar refractivity (Wildman–Crippen MR) is 71.1 cm³/mol. The summed E-state index contributed by atoms with van der Waals surface area (Å²) < 4.78 is 15.5. The van der Waals surface area contributed by atoms with Crippen LogP contribution < -0.4 is 5.32 Å². The number of imidazole rings is 1. The second-order valence-electron chi connectivity index (χ2n) is 4.58.